The highest BCUT2D eigenvalue weighted by atomic mass is 16.2. The lowest BCUT2D eigenvalue weighted by Crippen LogP contribution is -2.34. The molecule has 0 radical (unpaired) electrons. The van der Waals surface area contributed by atoms with Crippen molar-refractivity contribution in [2.24, 2.45) is 5.92 Å². The summed E-state index contributed by atoms with van der Waals surface area (Å²) in [6.07, 6.45) is 5.11. The van der Waals surface area contributed by atoms with Gasteiger partial charge in [0.2, 0.25) is 5.91 Å². The van der Waals surface area contributed by atoms with Crippen molar-refractivity contribution in [2.75, 3.05) is 11.9 Å². The molecule has 2 heterocycles. The molecule has 0 bridgehead atoms. The van der Waals surface area contributed by atoms with E-state index in [9.17, 15) is 9.59 Å². The summed E-state index contributed by atoms with van der Waals surface area (Å²) in [5, 5.41) is 7.00. The number of anilines is 1. The van der Waals surface area contributed by atoms with Crippen molar-refractivity contribution in [1.29, 1.82) is 0 Å². The van der Waals surface area contributed by atoms with Crippen LogP contribution in [0.5, 0.6) is 0 Å². The average molecular weight is 409 g/mol. The predicted molar refractivity (Wildman–Crippen MR) is 116 cm³/mol. The van der Waals surface area contributed by atoms with E-state index in [0.717, 1.165) is 17.8 Å². The van der Waals surface area contributed by atoms with Gasteiger partial charge in [0.15, 0.2) is 0 Å². The molecule has 30 heavy (non-hydrogen) atoms. The summed E-state index contributed by atoms with van der Waals surface area (Å²) < 4.78 is 3.19. The van der Waals surface area contributed by atoms with Gasteiger partial charge in [0, 0.05) is 32.4 Å². The van der Waals surface area contributed by atoms with Gasteiger partial charge in [-0.05, 0) is 11.5 Å². The Labute approximate surface area is 176 Å². The Morgan fingerprint density at radius 2 is 1.97 bits per heavy atom. The van der Waals surface area contributed by atoms with Gasteiger partial charge in [-0.15, -0.1) is 0 Å². The highest BCUT2D eigenvalue weighted by molar-refractivity contribution is 5.75. The lowest BCUT2D eigenvalue weighted by Gasteiger charge is -2.19. The highest BCUT2D eigenvalue weighted by Crippen LogP contribution is 2.11. The first-order valence-corrected chi connectivity index (χ1v) is 10.0. The van der Waals surface area contributed by atoms with E-state index in [1.165, 1.54) is 10.7 Å². The van der Waals surface area contributed by atoms with Gasteiger partial charge in [0.05, 0.1) is 30.5 Å². The number of amides is 1. The number of nitrogens with one attached hydrogen (secondary N) is 1. The molecule has 1 aromatic carbocycles. The number of aromatic nitrogens is 4. The van der Waals surface area contributed by atoms with Gasteiger partial charge < -0.3 is 14.8 Å². The van der Waals surface area contributed by atoms with Crippen molar-refractivity contribution in [3.8, 4) is 0 Å². The van der Waals surface area contributed by atoms with Crippen molar-refractivity contribution in [3.05, 3.63) is 76.7 Å². The minimum atomic E-state index is -0.313. The van der Waals surface area contributed by atoms with Crippen LogP contribution in [0, 0.1) is 5.92 Å². The molecule has 1 N–H and O–H groups in total. The lowest BCUT2D eigenvalue weighted by atomic mass is 10.2. The quantitative estimate of drug-likeness (QED) is 0.586. The Balaban J connectivity index is 1.57. The maximum atomic E-state index is 12.4. The SMILES string of the molecule is CC(C)Cn1cncc1CNC(=O)Cn1ncc(N(C)Cc2ccccc2)cc1=O. The van der Waals surface area contributed by atoms with Crippen LogP contribution < -0.4 is 15.8 Å². The Bertz CT molecular complexity index is 1030. The van der Waals surface area contributed by atoms with Crippen LogP contribution >= 0.6 is 0 Å². The smallest absolute Gasteiger partial charge is 0.269 e. The van der Waals surface area contributed by atoms with E-state index in [1.54, 1.807) is 18.7 Å². The summed E-state index contributed by atoms with van der Waals surface area (Å²) in [5.74, 6) is 0.210. The first-order chi connectivity index (χ1) is 14.4. The summed E-state index contributed by atoms with van der Waals surface area (Å²) in [5.41, 5.74) is 2.46. The van der Waals surface area contributed by atoms with Gasteiger partial charge in [-0.25, -0.2) is 9.67 Å². The van der Waals surface area contributed by atoms with Crippen LogP contribution in [-0.2, 0) is 31.0 Å². The second-order valence-corrected chi connectivity index (χ2v) is 7.76. The number of hydrogen-bond donors (Lipinski definition) is 1. The van der Waals surface area contributed by atoms with E-state index >= 15 is 0 Å². The Morgan fingerprint density at radius 1 is 1.20 bits per heavy atom. The van der Waals surface area contributed by atoms with Crippen LogP contribution in [0.25, 0.3) is 0 Å². The topological polar surface area (TPSA) is 85.1 Å². The zero-order chi connectivity index (χ0) is 21.5. The molecule has 0 aliphatic heterocycles. The number of carbonyl (C=O) groups is 1. The summed E-state index contributed by atoms with van der Waals surface area (Å²) in [6.45, 7) is 5.99. The molecule has 2 aromatic heterocycles. The number of rotatable bonds is 9. The molecule has 8 nitrogen and oxygen atoms in total. The minimum absolute atomic E-state index is 0.125. The number of benzene rings is 1. The van der Waals surface area contributed by atoms with Crippen molar-refractivity contribution in [2.45, 2.75) is 40.0 Å². The first kappa shape index (κ1) is 21.3. The predicted octanol–water partition coefficient (Wildman–Crippen LogP) is 2.05. The molecule has 0 spiro atoms. The Kier molecular flexibility index (Phi) is 7.00. The Hall–Kier alpha value is -3.42. The van der Waals surface area contributed by atoms with Crippen LogP contribution in [0.3, 0.4) is 0 Å². The molecular weight excluding hydrogens is 380 g/mol. The Morgan fingerprint density at radius 3 is 2.67 bits per heavy atom. The number of carbonyl (C=O) groups excluding carboxylic acids is 1. The first-order valence-electron chi connectivity index (χ1n) is 10.0. The standard InChI is InChI=1S/C22H28N6O2/c1-17(2)13-27-16-23-10-20(27)11-24-21(29)15-28-22(30)9-19(12-25-28)26(3)14-18-7-5-4-6-8-18/h4-10,12,16-17H,11,13-15H2,1-3H3,(H,24,29). The van der Waals surface area contributed by atoms with Gasteiger partial charge >= 0.3 is 0 Å². The maximum absolute atomic E-state index is 12.4. The average Bonchev–Trinajstić information content (AvgIpc) is 3.15. The summed E-state index contributed by atoms with van der Waals surface area (Å²) in [7, 11) is 1.90. The van der Waals surface area contributed by atoms with Gasteiger partial charge in [0.25, 0.3) is 5.56 Å². The van der Waals surface area contributed by atoms with Crippen molar-refractivity contribution >= 4 is 11.6 Å². The third-order valence-electron chi connectivity index (χ3n) is 4.68. The summed E-state index contributed by atoms with van der Waals surface area (Å²) in [4.78, 5) is 30.8. The third-order valence-corrected chi connectivity index (χ3v) is 4.68. The van der Waals surface area contributed by atoms with Gasteiger partial charge in [-0.3, -0.25) is 9.59 Å². The maximum Gasteiger partial charge on any atom is 0.269 e. The molecule has 0 unspecified atom stereocenters. The van der Waals surface area contributed by atoms with Crippen molar-refractivity contribution in [1.82, 2.24) is 24.6 Å². The van der Waals surface area contributed by atoms with Crippen LogP contribution in [0.15, 0.2) is 59.9 Å². The van der Waals surface area contributed by atoms with E-state index in [0.29, 0.717) is 24.7 Å². The molecule has 0 saturated heterocycles. The molecule has 1 amide bonds. The van der Waals surface area contributed by atoms with Crippen molar-refractivity contribution in [3.63, 3.8) is 0 Å². The van der Waals surface area contributed by atoms with E-state index in [4.69, 9.17) is 0 Å². The summed E-state index contributed by atoms with van der Waals surface area (Å²) >= 11 is 0. The molecule has 3 aromatic rings. The van der Waals surface area contributed by atoms with Gasteiger partial charge in [0.1, 0.15) is 6.54 Å². The normalized spacial score (nSPS) is 10.9. The fourth-order valence-electron chi connectivity index (χ4n) is 3.13. The molecule has 0 fully saturated rings. The molecular formula is C22H28N6O2. The van der Waals surface area contributed by atoms with Crippen LogP contribution in [0.4, 0.5) is 5.69 Å². The van der Waals surface area contributed by atoms with E-state index < -0.39 is 0 Å². The molecule has 0 atom stereocenters. The van der Waals surface area contributed by atoms with Gasteiger partial charge in [-0.2, -0.15) is 5.10 Å². The largest absolute Gasteiger partial charge is 0.369 e. The van der Waals surface area contributed by atoms with Crippen LogP contribution in [0.2, 0.25) is 0 Å². The van der Waals surface area contributed by atoms with E-state index in [2.05, 4.69) is 29.2 Å². The van der Waals surface area contributed by atoms with E-state index in [-0.39, 0.29) is 18.0 Å². The van der Waals surface area contributed by atoms with Crippen LogP contribution in [-0.4, -0.2) is 32.3 Å². The molecule has 0 aliphatic carbocycles. The molecule has 8 heteroatoms. The molecule has 158 valence electrons. The fraction of sp³-hybridized carbons (Fsp3) is 0.364. The molecule has 0 aliphatic rings. The summed E-state index contributed by atoms with van der Waals surface area (Å²) in [6, 6.07) is 11.5. The zero-order valence-corrected chi connectivity index (χ0v) is 17.7. The third kappa shape index (κ3) is 5.79. The van der Waals surface area contributed by atoms with Gasteiger partial charge in [-0.1, -0.05) is 44.2 Å². The molecule has 3 rings (SSSR count). The second-order valence-electron chi connectivity index (χ2n) is 7.76. The number of imidazole rings is 1. The fourth-order valence-corrected chi connectivity index (χ4v) is 3.13. The van der Waals surface area contributed by atoms with E-state index in [1.807, 2.05) is 46.8 Å². The number of nitrogens with zero attached hydrogens (tertiary/aromatic N) is 5. The highest BCUT2D eigenvalue weighted by Gasteiger charge is 2.10. The lowest BCUT2D eigenvalue weighted by molar-refractivity contribution is -0.122. The monoisotopic (exact) mass is 408 g/mol. The second kappa shape index (κ2) is 9.87. The number of hydrogen-bond acceptors (Lipinski definition) is 5. The minimum Gasteiger partial charge on any atom is -0.369 e. The van der Waals surface area contributed by atoms with Crippen molar-refractivity contribution < 1.29 is 4.79 Å². The molecule has 0 saturated carbocycles. The zero-order valence-electron chi connectivity index (χ0n) is 17.7. The van der Waals surface area contributed by atoms with Crippen LogP contribution in [0.1, 0.15) is 25.1 Å².